The smallest absolute Gasteiger partial charge is 0.141 e. The van der Waals surface area contributed by atoms with E-state index >= 15 is 0 Å². The fraction of sp³-hybridized carbons (Fsp3) is 0.600. The summed E-state index contributed by atoms with van der Waals surface area (Å²) in [6.07, 6.45) is 2.72. The standard InChI is InChI=1S/C5H7N3O/c1-2-9-4-8-5(1)3-6-7-8/h3H,1-2,4H2. The summed E-state index contributed by atoms with van der Waals surface area (Å²) in [7, 11) is 0. The van der Waals surface area contributed by atoms with Crippen molar-refractivity contribution in [3.05, 3.63) is 11.9 Å². The van der Waals surface area contributed by atoms with Gasteiger partial charge in [-0.2, -0.15) is 0 Å². The van der Waals surface area contributed by atoms with Crippen LogP contribution in [0.15, 0.2) is 6.20 Å². The minimum atomic E-state index is 0.565. The Morgan fingerprint density at radius 3 is 3.56 bits per heavy atom. The first-order valence-electron chi connectivity index (χ1n) is 2.92. The third-order valence-electron chi connectivity index (χ3n) is 1.41. The second-order valence-electron chi connectivity index (χ2n) is 2.01. The van der Waals surface area contributed by atoms with Gasteiger partial charge in [-0.05, 0) is 0 Å². The van der Waals surface area contributed by atoms with Crippen molar-refractivity contribution in [3.8, 4) is 0 Å². The Balaban J connectivity index is 2.39. The molecule has 1 aliphatic rings. The molecule has 0 aromatic carbocycles. The first kappa shape index (κ1) is 4.93. The summed E-state index contributed by atoms with van der Waals surface area (Å²) in [6.45, 7) is 1.36. The van der Waals surface area contributed by atoms with Crippen LogP contribution in [0.5, 0.6) is 0 Å². The zero-order valence-electron chi connectivity index (χ0n) is 4.95. The van der Waals surface area contributed by atoms with Gasteiger partial charge in [0.25, 0.3) is 0 Å². The molecule has 1 aliphatic heterocycles. The van der Waals surface area contributed by atoms with Crippen molar-refractivity contribution < 1.29 is 4.74 Å². The summed E-state index contributed by atoms with van der Waals surface area (Å²) in [5.74, 6) is 0. The van der Waals surface area contributed by atoms with E-state index in [1.54, 1.807) is 10.9 Å². The maximum absolute atomic E-state index is 5.11. The lowest BCUT2D eigenvalue weighted by molar-refractivity contribution is 0.0469. The van der Waals surface area contributed by atoms with Crippen molar-refractivity contribution in [2.24, 2.45) is 0 Å². The Labute approximate surface area is 52.4 Å². The van der Waals surface area contributed by atoms with Gasteiger partial charge >= 0.3 is 0 Å². The SMILES string of the molecule is c1nnn2c1CCOC2. The molecule has 0 atom stereocenters. The predicted octanol–water partition coefficient (Wildman–Crippen LogP) is -0.192. The molecule has 48 valence electrons. The van der Waals surface area contributed by atoms with Crippen LogP contribution in [0.25, 0.3) is 0 Å². The van der Waals surface area contributed by atoms with Crippen LogP contribution in [0.2, 0.25) is 0 Å². The first-order valence-corrected chi connectivity index (χ1v) is 2.92. The molecule has 4 nitrogen and oxygen atoms in total. The molecule has 0 saturated carbocycles. The van der Waals surface area contributed by atoms with Gasteiger partial charge in [-0.15, -0.1) is 5.10 Å². The second kappa shape index (κ2) is 1.80. The Bertz CT molecular complexity index is 187. The van der Waals surface area contributed by atoms with Gasteiger partial charge < -0.3 is 4.74 Å². The minimum absolute atomic E-state index is 0.565. The molecule has 2 heterocycles. The van der Waals surface area contributed by atoms with E-state index in [9.17, 15) is 0 Å². The van der Waals surface area contributed by atoms with E-state index in [1.165, 1.54) is 5.69 Å². The minimum Gasteiger partial charge on any atom is -0.359 e. The van der Waals surface area contributed by atoms with Crippen molar-refractivity contribution in [1.29, 1.82) is 0 Å². The maximum atomic E-state index is 5.11. The van der Waals surface area contributed by atoms with E-state index in [0.717, 1.165) is 13.0 Å². The zero-order valence-corrected chi connectivity index (χ0v) is 4.95. The fourth-order valence-corrected chi connectivity index (χ4v) is 0.909. The average molecular weight is 125 g/mol. The van der Waals surface area contributed by atoms with E-state index in [-0.39, 0.29) is 0 Å². The van der Waals surface area contributed by atoms with E-state index < -0.39 is 0 Å². The largest absolute Gasteiger partial charge is 0.359 e. The molecule has 2 rings (SSSR count). The molecule has 1 aromatic heterocycles. The number of ether oxygens (including phenoxy) is 1. The molecular weight excluding hydrogens is 118 g/mol. The summed E-state index contributed by atoms with van der Waals surface area (Å²) >= 11 is 0. The highest BCUT2D eigenvalue weighted by Gasteiger charge is 2.07. The zero-order chi connectivity index (χ0) is 6.10. The van der Waals surface area contributed by atoms with Gasteiger partial charge in [0.1, 0.15) is 6.73 Å². The molecule has 0 radical (unpaired) electrons. The van der Waals surface area contributed by atoms with Crippen molar-refractivity contribution in [1.82, 2.24) is 15.0 Å². The maximum Gasteiger partial charge on any atom is 0.141 e. The van der Waals surface area contributed by atoms with Gasteiger partial charge in [0, 0.05) is 6.42 Å². The predicted molar refractivity (Wildman–Crippen MR) is 29.7 cm³/mol. The Morgan fingerprint density at radius 1 is 1.67 bits per heavy atom. The van der Waals surface area contributed by atoms with Gasteiger partial charge in [0.05, 0.1) is 18.5 Å². The molecule has 0 saturated heterocycles. The normalized spacial score (nSPS) is 17.3. The van der Waals surface area contributed by atoms with Crippen LogP contribution in [0.3, 0.4) is 0 Å². The summed E-state index contributed by atoms with van der Waals surface area (Å²) < 4.78 is 6.88. The lowest BCUT2D eigenvalue weighted by Gasteiger charge is -2.11. The average Bonchev–Trinajstić information content (AvgIpc) is 2.33. The number of hydrogen-bond donors (Lipinski definition) is 0. The van der Waals surface area contributed by atoms with Crippen molar-refractivity contribution >= 4 is 0 Å². The van der Waals surface area contributed by atoms with Gasteiger partial charge in [-0.3, -0.25) is 0 Å². The molecule has 0 N–H and O–H groups in total. The highest BCUT2D eigenvalue weighted by atomic mass is 16.5. The van der Waals surface area contributed by atoms with E-state index in [4.69, 9.17) is 4.74 Å². The lowest BCUT2D eigenvalue weighted by Crippen LogP contribution is -2.16. The molecular formula is C5H7N3O. The third-order valence-corrected chi connectivity index (χ3v) is 1.41. The quantitative estimate of drug-likeness (QED) is 0.482. The second-order valence-corrected chi connectivity index (χ2v) is 2.01. The van der Waals surface area contributed by atoms with Gasteiger partial charge in [-0.1, -0.05) is 5.21 Å². The molecule has 0 fully saturated rings. The van der Waals surface area contributed by atoms with Crippen LogP contribution in [0.1, 0.15) is 5.69 Å². The lowest BCUT2D eigenvalue weighted by atomic mass is 10.3. The van der Waals surface area contributed by atoms with E-state index in [1.807, 2.05) is 0 Å². The molecule has 0 unspecified atom stereocenters. The number of hydrogen-bond acceptors (Lipinski definition) is 3. The van der Waals surface area contributed by atoms with Crippen LogP contribution >= 0.6 is 0 Å². The van der Waals surface area contributed by atoms with Gasteiger partial charge in [-0.25, -0.2) is 4.68 Å². The Morgan fingerprint density at radius 2 is 2.67 bits per heavy atom. The van der Waals surface area contributed by atoms with E-state index in [2.05, 4.69) is 10.3 Å². The van der Waals surface area contributed by atoms with Crippen LogP contribution in [-0.2, 0) is 17.9 Å². The molecule has 9 heavy (non-hydrogen) atoms. The molecule has 0 aliphatic carbocycles. The van der Waals surface area contributed by atoms with Crippen LogP contribution < -0.4 is 0 Å². The van der Waals surface area contributed by atoms with Crippen molar-refractivity contribution in [2.75, 3.05) is 6.61 Å². The fourth-order valence-electron chi connectivity index (χ4n) is 0.909. The van der Waals surface area contributed by atoms with E-state index in [0.29, 0.717) is 6.73 Å². The van der Waals surface area contributed by atoms with Crippen LogP contribution in [0, 0.1) is 0 Å². The topological polar surface area (TPSA) is 39.9 Å². The first-order chi connectivity index (χ1) is 4.47. The molecule has 1 aromatic rings. The number of fused-ring (bicyclic) bond motifs is 1. The highest BCUT2D eigenvalue weighted by Crippen LogP contribution is 2.03. The summed E-state index contributed by atoms with van der Waals surface area (Å²) in [5, 5.41) is 7.54. The van der Waals surface area contributed by atoms with Crippen LogP contribution in [-0.4, -0.2) is 21.6 Å². The van der Waals surface area contributed by atoms with Crippen molar-refractivity contribution in [3.63, 3.8) is 0 Å². The van der Waals surface area contributed by atoms with Crippen LogP contribution in [0.4, 0.5) is 0 Å². The monoisotopic (exact) mass is 125 g/mol. The molecule has 0 bridgehead atoms. The Kier molecular flexibility index (Phi) is 0.989. The van der Waals surface area contributed by atoms with Crippen molar-refractivity contribution in [2.45, 2.75) is 13.2 Å². The summed E-state index contributed by atoms with van der Waals surface area (Å²) in [6, 6.07) is 0. The van der Waals surface area contributed by atoms with Gasteiger partial charge in [0.2, 0.25) is 0 Å². The molecule has 4 heteroatoms. The molecule has 0 amide bonds. The third kappa shape index (κ3) is 0.712. The number of nitrogens with zero attached hydrogens (tertiary/aromatic N) is 3. The summed E-state index contributed by atoms with van der Waals surface area (Å²) in [5.41, 5.74) is 1.17. The Hall–Kier alpha value is -0.900. The number of rotatable bonds is 0. The summed E-state index contributed by atoms with van der Waals surface area (Å²) in [4.78, 5) is 0. The highest BCUT2D eigenvalue weighted by molar-refractivity contribution is 4.94. The molecule has 0 spiro atoms. The van der Waals surface area contributed by atoms with Gasteiger partial charge in [0.15, 0.2) is 0 Å². The number of aromatic nitrogens is 3.